The molecule has 3 rings (SSSR count). The van der Waals surface area contributed by atoms with Crippen LogP contribution in [0, 0.1) is 0 Å². The maximum atomic E-state index is 5.93. The molecule has 1 unspecified atom stereocenters. The Morgan fingerprint density at radius 3 is 2.94 bits per heavy atom. The van der Waals surface area contributed by atoms with E-state index in [4.69, 9.17) is 5.73 Å². The number of hydrogen-bond acceptors (Lipinski definition) is 1. The van der Waals surface area contributed by atoms with Crippen LogP contribution in [-0.2, 0) is 6.42 Å². The summed E-state index contributed by atoms with van der Waals surface area (Å²) in [5.41, 5.74) is 9.00. The number of aryl methyl sites for hydroxylation is 1. The molecular formula is C15H21N3. The first-order valence-electron chi connectivity index (χ1n) is 6.97. The summed E-state index contributed by atoms with van der Waals surface area (Å²) < 4.78 is 0. The van der Waals surface area contributed by atoms with Crippen LogP contribution in [-0.4, -0.2) is 30.5 Å². The second-order valence-corrected chi connectivity index (χ2v) is 5.30. The zero-order chi connectivity index (χ0) is 12.4. The van der Waals surface area contributed by atoms with Gasteiger partial charge < -0.3 is 10.6 Å². The lowest BCUT2D eigenvalue weighted by Crippen LogP contribution is -2.46. The molecule has 0 spiro atoms. The topological polar surface area (TPSA) is 41.6 Å². The van der Waals surface area contributed by atoms with Gasteiger partial charge in [-0.1, -0.05) is 24.3 Å². The predicted octanol–water partition coefficient (Wildman–Crippen LogP) is 2.13. The van der Waals surface area contributed by atoms with Gasteiger partial charge in [0.25, 0.3) is 0 Å². The monoisotopic (exact) mass is 243 g/mol. The summed E-state index contributed by atoms with van der Waals surface area (Å²) in [4.78, 5) is 6.66. The Balaban J connectivity index is 1.55. The molecule has 0 radical (unpaired) electrons. The van der Waals surface area contributed by atoms with Gasteiger partial charge in [-0.15, -0.1) is 0 Å². The van der Waals surface area contributed by atoms with Gasteiger partial charge in [0.2, 0.25) is 0 Å². The molecule has 1 fully saturated rings. The third-order valence-corrected chi connectivity index (χ3v) is 4.19. The maximum Gasteiger partial charge on any atom is 0.191 e. The molecule has 1 atom stereocenters. The first-order valence-corrected chi connectivity index (χ1v) is 6.97. The van der Waals surface area contributed by atoms with Crippen LogP contribution in [0.3, 0.4) is 0 Å². The highest BCUT2D eigenvalue weighted by Crippen LogP contribution is 2.35. The molecule has 0 amide bonds. The Bertz CT molecular complexity index is 449. The van der Waals surface area contributed by atoms with Gasteiger partial charge in [0.1, 0.15) is 0 Å². The normalized spacial score (nSPS) is 22.8. The van der Waals surface area contributed by atoms with E-state index in [9.17, 15) is 0 Å². The summed E-state index contributed by atoms with van der Waals surface area (Å²) in [6.45, 7) is 3.03. The molecule has 1 aromatic rings. The van der Waals surface area contributed by atoms with Gasteiger partial charge in [0.15, 0.2) is 5.96 Å². The highest BCUT2D eigenvalue weighted by molar-refractivity contribution is 5.78. The summed E-state index contributed by atoms with van der Waals surface area (Å²) in [5.74, 6) is 1.43. The van der Waals surface area contributed by atoms with Crippen molar-refractivity contribution in [1.29, 1.82) is 0 Å². The lowest BCUT2D eigenvalue weighted by atomic mass is 9.98. The fraction of sp³-hybridized carbons (Fsp3) is 0.533. The van der Waals surface area contributed by atoms with Crippen LogP contribution in [0.2, 0.25) is 0 Å². The molecule has 96 valence electrons. The van der Waals surface area contributed by atoms with Gasteiger partial charge in [-0.3, -0.25) is 4.99 Å². The number of fused-ring (bicyclic) bond motifs is 1. The second-order valence-electron chi connectivity index (χ2n) is 5.30. The molecule has 18 heavy (non-hydrogen) atoms. The molecular weight excluding hydrogens is 222 g/mol. The van der Waals surface area contributed by atoms with Crippen LogP contribution in [0.5, 0.6) is 0 Å². The third-order valence-electron chi connectivity index (χ3n) is 4.19. The van der Waals surface area contributed by atoms with Crippen molar-refractivity contribution in [3.63, 3.8) is 0 Å². The minimum atomic E-state index is 0.689. The van der Waals surface area contributed by atoms with Gasteiger partial charge in [-0.25, -0.2) is 0 Å². The average molecular weight is 243 g/mol. The molecule has 1 aliphatic heterocycles. The van der Waals surface area contributed by atoms with Gasteiger partial charge in [-0.05, 0) is 42.7 Å². The number of aliphatic imine (C=N–C) groups is 1. The standard InChI is InChI=1S/C15H21N3/c16-15(18-10-3-11-18)17-9-8-13-7-6-12-4-1-2-5-14(12)13/h1-2,4-5,13H,3,6-11H2,(H2,16,17). The van der Waals surface area contributed by atoms with E-state index in [1.807, 2.05) is 0 Å². The van der Waals surface area contributed by atoms with E-state index in [2.05, 4.69) is 34.2 Å². The molecule has 1 saturated heterocycles. The molecule has 2 aliphatic rings. The Morgan fingerprint density at radius 2 is 2.17 bits per heavy atom. The lowest BCUT2D eigenvalue weighted by molar-refractivity contribution is 0.295. The van der Waals surface area contributed by atoms with Gasteiger partial charge >= 0.3 is 0 Å². The van der Waals surface area contributed by atoms with Crippen LogP contribution in [0.25, 0.3) is 0 Å². The molecule has 1 aromatic carbocycles. The van der Waals surface area contributed by atoms with E-state index < -0.39 is 0 Å². The summed E-state index contributed by atoms with van der Waals surface area (Å²) in [5, 5.41) is 0. The quantitative estimate of drug-likeness (QED) is 0.652. The number of nitrogens with zero attached hydrogens (tertiary/aromatic N) is 2. The Hall–Kier alpha value is -1.51. The molecule has 2 N–H and O–H groups in total. The number of nitrogens with two attached hydrogens (primary N) is 1. The largest absolute Gasteiger partial charge is 0.370 e. The van der Waals surface area contributed by atoms with Crippen molar-refractivity contribution in [3.05, 3.63) is 35.4 Å². The number of rotatable bonds is 3. The lowest BCUT2D eigenvalue weighted by Gasteiger charge is -2.31. The molecule has 1 aliphatic carbocycles. The second kappa shape index (κ2) is 5.01. The van der Waals surface area contributed by atoms with Crippen molar-refractivity contribution < 1.29 is 0 Å². The zero-order valence-electron chi connectivity index (χ0n) is 10.8. The summed E-state index contributed by atoms with van der Waals surface area (Å²) >= 11 is 0. The molecule has 0 aromatic heterocycles. The maximum absolute atomic E-state index is 5.93. The number of benzene rings is 1. The van der Waals surface area contributed by atoms with Crippen molar-refractivity contribution in [2.45, 2.75) is 31.6 Å². The number of likely N-dealkylation sites (tertiary alicyclic amines) is 1. The van der Waals surface area contributed by atoms with Gasteiger partial charge in [-0.2, -0.15) is 0 Å². The van der Waals surface area contributed by atoms with E-state index in [0.29, 0.717) is 5.92 Å². The Labute approximate surface area is 109 Å². The highest BCUT2D eigenvalue weighted by Gasteiger charge is 2.21. The summed E-state index contributed by atoms with van der Waals surface area (Å²) in [7, 11) is 0. The number of hydrogen-bond donors (Lipinski definition) is 1. The SMILES string of the molecule is NC(=NCCC1CCc2ccccc21)N1CCC1. The van der Waals surface area contributed by atoms with Crippen molar-refractivity contribution in [1.82, 2.24) is 4.90 Å². The first kappa shape index (κ1) is 11.6. The van der Waals surface area contributed by atoms with E-state index in [1.165, 1.54) is 30.4 Å². The first-order chi connectivity index (χ1) is 8.84. The minimum Gasteiger partial charge on any atom is -0.370 e. The van der Waals surface area contributed by atoms with E-state index >= 15 is 0 Å². The van der Waals surface area contributed by atoms with Crippen molar-refractivity contribution in [2.75, 3.05) is 19.6 Å². The van der Waals surface area contributed by atoms with Crippen molar-refractivity contribution in [2.24, 2.45) is 10.7 Å². The zero-order valence-corrected chi connectivity index (χ0v) is 10.8. The summed E-state index contributed by atoms with van der Waals surface area (Å²) in [6.07, 6.45) is 4.89. The van der Waals surface area contributed by atoms with Crippen LogP contribution in [0.15, 0.2) is 29.3 Å². The Kier molecular flexibility index (Phi) is 3.22. The average Bonchev–Trinajstić information content (AvgIpc) is 2.71. The molecule has 0 bridgehead atoms. The van der Waals surface area contributed by atoms with Crippen molar-refractivity contribution >= 4 is 5.96 Å². The minimum absolute atomic E-state index is 0.689. The van der Waals surface area contributed by atoms with Gasteiger partial charge in [0, 0.05) is 19.6 Å². The summed E-state index contributed by atoms with van der Waals surface area (Å²) in [6, 6.07) is 8.82. The van der Waals surface area contributed by atoms with Gasteiger partial charge in [0.05, 0.1) is 0 Å². The van der Waals surface area contributed by atoms with E-state index in [0.717, 1.165) is 32.0 Å². The van der Waals surface area contributed by atoms with E-state index in [1.54, 1.807) is 0 Å². The molecule has 3 nitrogen and oxygen atoms in total. The third kappa shape index (κ3) is 2.22. The van der Waals surface area contributed by atoms with Crippen LogP contribution in [0.1, 0.15) is 36.3 Å². The van der Waals surface area contributed by atoms with Crippen LogP contribution in [0.4, 0.5) is 0 Å². The van der Waals surface area contributed by atoms with Crippen molar-refractivity contribution in [3.8, 4) is 0 Å². The van der Waals surface area contributed by atoms with E-state index in [-0.39, 0.29) is 0 Å². The fourth-order valence-electron chi connectivity index (χ4n) is 2.93. The van der Waals surface area contributed by atoms with Crippen LogP contribution < -0.4 is 5.73 Å². The molecule has 1 heterocycles. The molecule has 0 saturated carbocycles. The van der Waals surface area contributed by atoms with Crippen LogP contribution >= 0.6 is 0 Å². The number of guanidine groups is 1. The smallest absolute Gasteiger partial charge is 0.191 e. The predicted molar refractivity (Wildman–Crippen MR) is 74.8 cm³/mol. The fourth-order valence-corrected chi connectivity index (χ4v) is 2.93. The molecule has 3 heteroatoms. The Morgan fingerprint density at radius 1 is 1.33 bits per heavy atom. The highest BCUT2D eigenvalue weighted by atomic mass is 15.3.